The Morgan fingerprint density at radius 2 is 1.77 bits per heavy atom. The molecule has 1 saturated carbocycles. The van der Waals surface area contributed by atoms with Gasteiger partial charge in [0.05, 0.1) is 35.0 Å². The molecule has 8 nitrogen and oxygen atoms in total. The molecule has 5 rings (SSSR count). The minimum absolute atomic E-state index is 0.192. The van der Waals surface area contributed by atoms with Crippen LogP contribution in [0.1, 0.15) is 23.2 Å². The van der Waals surface area contributed by atoms with E-state index in [4.69, 9.17) is 10.5 Å². The summed E-state index contributed by atoms with van der Waals surface area (Å²) in [6.07, 6.45) is 1.49. The van der Waals surface area contributed by atoms with Crippen molar-refractivity contribution in [1.82, 2.24) is 0 Å². The summed E-state index contributed by atoms with van der Waals surface area (Å²) in [7, 11) is -1.91. The summed E-state index contributed by atoms with van der Waals surface area (Å²) in [5.74, 6) is -0.429. The van der Waals surface area contributed by atoms with E-state index < -0.39 is 16.0 Å². The zero-order valence-corrected chi connectivity index (χ0v) is 18.2. The van der Waals surface area contributed by atoms with Crippen LogP contribution < -0.4 is 20.3 Å². The first kappa shape index (κ1) is 20.0. The second-order valence-corrected chi connectivity index (χ2v) is 10.8. The maximum absolute atomic E-state index is 12.2. The van der Waals surface area contributed by atoms with E-state index in [-0.39, 0.29) is 10.7 Å². The summed E-state index contributed by atoms with van der Waals surface area (Å²) in [5.41, 5.74) is 9.76. The molecule has 0 atom stereocenters. The Hall–Kier alpha value is -2.94. The number of carbonyl (C=O) groups is 1. The second kappa shape index (κ2) is 7.05. The number of nitrogens with two attached hydrogens (primary N) is 1. The van der Waals surface area contributed by atoms with Crippen LogP contribution in [0.3, 0.4) is 0 Å². The van der Waals surface area contributed by atoms with Crippen molar-refractivity contribution < 1.29 is 17.9 Å². The lowest BCUT2D eigenvalue weighted by Gasteiger charge is -2.61. The molecular weight excluding hydrogens is 416 g/mol. The van der Waals surface area contributed by atoms with Gasteiger partial charge in [0.1, 0.15) is 0 Å². The molecule has 31 heavy (non-hydrogen) atoms. The molecule has 3 fully saturated rings. The fourth-order valence-corrected chi connectivity index (χ4v) is 5.97. The lowest BCUT2D eigenvalue weighted by molar-refractivity contribution is 0.0602. The number of ether oxygens (including phenoxy) is 1. The summed E-state index contributed by atoms with van der Waals surface area (Å²) >= 11 is 0. The summed E-state index contributed by atoms with van der Waals surface area (Å²) in [6.45, 7) is 3.54. The number of benzene rings is 2. The Bertz CT molecular complexity index is 1130. The normalized spacial score (nSPS) is 19.5. The highest BCUT2D eigenvalue weighted by molar-refractivity contribution is 7.93. The van der Waals surface area contributed by atoms with Gasteiger partial charge in [-0.25, -0.2) is 13.2 Å². The van der Waals surface area contributed by atoms with Crippen molar-refractivity contribution in [2.24, 2.45) is 5.41 Å². The molecule has 3 N–H and O–H groups in total. The molecule has 2 aromatic carbocycles. The van der Waals surface area contributed by atoms with E-state index in [0.29, 0.717) is 16.9 Å². The number of anilines is 4. The zero-order chi connectivity index (χ0) is 21.8. The van der Waals surface area contributed by atoms with Gasteiger partial charge in [-0.1, -0.05) is 12.1 Å². The van der Waals surface area contributed by atoms with Gasteiger partial charge in [0.15, 0.2) is 0 Å². The van der Waals surface area contributed by atoms with Gasteiger partial charge in [0.25, 0.3) is 0 Å². The van der Waals surface area contributed by atoms with E-state index in [2.05, 4.69) is 14.5 Å². The van der Waals surface area contributed by atoms with Gasteiger partial charge in [-0.15, -0.1) is 0 Å². The highest BCUT2D eigenvalue weighted by Gasteiger charge is 2.52. The Morgan fingerprint density at radius 1 is 1.10 bits per heavy atom. The Balaban J connectivity index is 1.22. The predicted molar refractivity (Wildman–Crippen MR) is 121 cm³/mol. The number of nitrogen functional groups attached to an aromatic ring is 1. The van der Waals surface area contributed by atoms with E-state index >= 15 is 0 Å². The van der Waals surface area contributed by atoms with Crippen LogP contribution in [0.4, 0.5) is 22.7 Å². The number of carbonyl (C=O) groups excluding carboxylic acids is 1. The topological polar surface area (TPSA) is 105 Å². The maximum atomic E-state index is 12.2. The van der Waals surface area contributed by atoms with Crippen molar-refractivity contribution in [1.29, 1.82) is 0 Å². The van der Waals surface area contributed by atoms with Gasteiger partial charge in [-0.05, 0) is 43.2 Å². The summed E-state index contributed by atoms with van der Waals surface area (Å²) in [5, 5.41) is -0.241. The van der Waals surface area contributed by atoms with E-state index in [1.165, 1.54) is 7.11 Å². The minimum Gasteiger partial charge on any atom is -0.465 e. The number of para-hydroxylation sites is 1. The van der Waals surface area contributed by atoms with Crippen LogP contribution in [-0.2, 0) is 14.8 Å². The monoisotopic (exact) mass is 442 g/mol. The van der Waals surface area contributed by atoms with Crippen LogP contribution >= 0.6 is 0 Å². The highest BCUT2D eigenvalue weighted by Crippen LogP contribution is 2.45. The summed E-state index contributed by atoms with van der Waals surface area (Å²) in [4.78, 5) is 16.4. The SMILES string of the molecule is COC(=O)c1cccc(N2CC3(CN(c4cccc(NS(=O)(=O)C5CC5)c4)C3)C2)c1N. The number of methoxy groups -OCH3 is 1. The average Bonchev–Trinajstić information content (AvgIpc) is 3.52. The van der Waals surface area contributed by atoms with Gasteiger partial charge >= 0.3 is 5.97 Å². The number of nitrogens with zero attached hydrogens (tertiary/aromatic N) is 2. The Labute approximate surface area is 182 Å². The molecule has 0 bridgehead atoms. The number of esters is 1. The van der Waals surface area contributed by atoms with Crippen LogP contribution in [-0.4, -0.2) is 52.9 Å². The molecule has 164 valence electrons. The van der Waals surface area contributed by atoms with E-state index in [1.54, 1.807) is 12.1 Å². The molecule has 0 aromatic heterocycles. The van der Waals surface area contributed by atoms with E-state index in [0.717, 1.165) is 50.4 Å². The van der Waals surface area contributed by atoms with Gasteiger partial charge in [-0.3, -0.25) is 4.72 Å². The van der Waals surface area contributed by atoms with Gasteiger partial charge in [-0.2, -0.15) is 0 Å². The third-order valence-corrected chi connectivity index (χ3v) is 8.24. The van der Waals surface area contributed by atoms with Gasteiger partial charge in [0, 0.05) is 37.3 Å². The number of nitrogens with one attached hydrogen (secondary N) is 1. The molecule has 0 unspecified atom stereocenters. The van der Waals surface area contributed by atoms with Crippen LogP contribution in [0.15, 0.2) is 42.5 Å². The summed E-state index contributed by atoms with van der Waals surface area (Å²) < 4.78 is 31.9. The molecule has 2 heterocycles. The zero-order valence-electron chi connectivity index (χ0n) is 17.4. The lowest BCUT2D eigenvalue weighted by Crippen LogP contribution is -2.72. The second-order valence-electron chi connectivity index (χ2n) is 8.84. The third kappa shape index (κ3) is 3.56. The smallest absolute Gasteiger partial charge is 0.340 e. The van der Waals surface area contributed by atoms with Gasteiger partial charge < -0.3 is 20.3 Å². The van der Waals surface area contributed by atoms with Crippen LogP contribution in [0.5, 0.6) is 0 Å². The minimum atomic E-state index is -3.26. The molecule has 2 aliphatic heterocycles. The highest BCUT2D eigenvalue weighted by atomic mass is 32.2. The Kier molecular flexibility index (Phi) is 4.55. The number of rotatable bonds is 6. The van der Waals surface area contributed by atoms with Crippen LogP contribution in [0, 0.1) is 5.41 Å². The fraction of sp³-hybridized carbons (Fsp3) is 0.409. The first-order valence-electron chi connectivity index (χ1n) is 10.4. The largest absolute Gasteiger partial charge is 0.465 e. The third-order valence-electron chi connectivity index (χ3n) is 6.37. The molecule has 0 radical (unpaired) electrons. The lowest BCUT2D eigenvalue weighted by atomic mass is 9.72. The number of hydrogen-bond acceptors (Lipinski definition) is 7. The van der Waals surface area contributed by atoms with Crippen LogP contribution in [0.2, 0.25) is 0 Å². The number of sulfonamides is 1. The molecular formula is C22H26N4O4S. The van der Waals surface area contributed by atoms with Crippen molar-refractivity contribution in [3.63, 3.8) is 0 Å². The predicted octanol–water partition coefficient (Wildman–Crippen LogP) is 2.29. The van der Waals surface area contributed by atoms with Crippen LogP contribution in [0.25, 0.3) is 0 Å². The molecule has 3 aliphatic rings. The quantitative estimate of drug-likeness (QED) is 0.522. The molecule has 0 amide bonds. The maximum Gasteiger partial charge on any atom is 0.340 e. The fourth-order valence-electron chi connectivity index (χ4n) is 4.59. The molecule has 1 spiro atoms. The molecule has 2 aromatic rings. The molecule has 2 saturated heterocycles. The van der Waals surface area contributed by atoms with Crippen molar-refractivity contribution >= 4 is 38.7 Å². The van der Waals surface area contributed by atoms with E-state index in [9.17, 15) is 13.2 Å². The van der Waals surface area contributed by atoms with Crippen molar-refractivity contribution in [3.05, 3.63) is 48.0 Å². The Morgan fingerprint density at radius 3 is 2.45 bits per heavy atom. The van der Waals surface area contributed by atoms with E-state index in [1.807, 2.05) is 30.3 Å². The van der Waals surface area contributed by atoms with Crippen molar-refractivity contribution in [2.45, 2.75) is 18.1 Å². The van der Waals surface area contributed by atoms with Crippen molar-refractivity contribution in [3.8, 4) is 0 Å². The number of hydrogen-bond donors (Lipinski definition) is 2. The molecule has 1 aliphatic carbocycles. The van der Waals surface area contributed by atoms with Gasteiger partial charge in [0.2, 0.25) is 10.0 Å². The first-order valence-corrected chi connectivity index (χ1v) is 11.9. The molecule has 9 heteroatoms. The average molecular weight is 443 g/mol. The van der Waals surface area contributed by atoms with Crippen molar-refractivity contribution in [2.75, 3.05) is 53.5 Å². The standard InChI is InChI=1S/C22H26N4O4S/c1-30-21(27)18-6-3-7-19(20(18)23)26-13-22(14-26)11-25(12-22)16-5-2-4-15(10-16)24-31(28,29)17-8-9-17/h2-7,10,17,24H,8-9,11-14,23H2,1H3. The summed E-state index contributed by atoms with van der Waals surface area (Å²) in [6, 6.07) is 13.0. The first-order chi connectivity index (χ1) is 14.8.